The predicted octanol–water partition coefficient (Wildman–Crippen LogP) is 11.0. The minimum Gasteiger partial charge on any atom is -0.309 e. The summed E-state index contributed by atoms with van der Waals surface area (Å²) in [6.45, 7) is 2.20. The first-order chi connectivity index (χ1) is 20.3. The van der Waals surface area contributed by atoms with Crippen LogP contribution in [0.2, 0.25) is 0 Å². The van der Waals surface area contributed by atoms with Crippen LogP contribution in [0.3, 0.4) is 0 Å². The van der Waals surface area contributed by atoms with Crippen LogP contribution in [-0.2, 0) is 6.42 Å². The van der Waals surface area contributed by atoms with Crippen molar-refractivity contribution >= 4 is 43.4 Å². The van der Waals surface area contributed by atoms with Crippen molar-refractivity contribution in [3.8, 4) is 27.9 Å². The number of aryl methyl sites for hydroxylation is 1. The minimum absolute atomic E-state index is 1.06. The van der Waals surface area contributed by atoms with Crippen LogP contribution in [0.4, 0.5) is 0 Å². The maximum absolute atomic E-state index is 2.45. The predicted molar refractivity (Wildman–Crippen MR) is 176 cm³/mol. The number of fused-ring (bicyclic) bond motifs is 6. The Balaban J connectivity index is 1.30. The largest absolute Gasteiger partial charge is 0.309 e. The molecule has 0 fully saturated rings. The number of hydrogen-bond donors (Lipinski definition) is 0. The van der Waals surface area contributed by atoms with Crippen molar-refractivity contribution in [1.82, 2.24) is 4.57 Å². The number of hydrogen-bond acceptors (Lipinski definition) is 0. The molecular formula is C40H29N. The summed E-state index contributed by atoms with van der Waals surface area (Å²) in [4.78, 5) is 0. The first-order valence-electron chi connectivity index (χ1n) is 14.4. The van der Waals surface area contributed by atoms with Crippen LogP contribution in [0.15, 0.2) is 146 Å². The molecule has 0 saturated carbocycles. The van der Waals surface area contributed by atoms with E-state index < -0.39 is 0 Å². The summed E-state index contributed by atoms with van der Waals surface area (Å²) in [6.07, 6.45) is 1.06. The zero-order valence-corrected chi connectivity index (χ0v) is 23.0. The van der Waals surface area contributed by atoms with Crippen LogP contribution in [-0.4, -0.2) is 4.57 Å². The van der Waals surface area contributed by atoms with Gasteiger partial charge in [-0.05, 0) is 74.7 Å². The van der Waals surface area contributed by atoms with Crippen molar-refractivity contribution in [3.05, 3.63) is 151 Å². The Hall–Kier alpha value is -5.14. The molecule has 41 heavy (non-hydrogen) atoms. The molecular weight excluding hydrogens is 494 g/mol. The molecule has 0 saturated heterocycles. The molecule has 0 amide bonds. The summed E-state index contributed by atoms with van der Waals surface area (Å²) in [5.41, 5.74) is 10.0. The van der Waals surface area contributed by atoms with E-state index in [1.807, 2.05) is 0 Å². The molecule has 0 aliphatic heterocycles. The van der Waals surface area contributed by atoms with Crippen LogP contribution < -0.4 is 0 Å². The lowest BCUT2D eigenvalue weighted by molar-refractivity contribution is 1.14. The lowest BCUT2D eigenvalue weighted by Crippen LogP contribution is -1.96. The van der Waals surface area contributed by atoms with Crippen LogP contribution in [0.5, 0.6) is 0 Å². The Morgan fingerprint density at radius 3 is 1.68 bits per heavy atom. The maximum atomic E-state index is 2.45. The number of para-hydroxylation sites is 1. The van der Waals surface area contributed by atoms with Gasteiger partial charge in [-0.2, -0.15) is 0 Å². The topological polar surface area (TPSA) is 4.93 Å². The second-order valence-electron chi connectivity index (χ2n) is 10.9. The quantitative estimate of drug-likeness (QED) is 0.202. The summed E-state index contributed by atoms with van der Waals surface area (Å²) < 4.78 is 2.45. The molecule has 0 bridgehead atoms. The Morgan fingerprint density at radius 2 is 0.951 bits per heavy atom. The summed E-state index contributed by atoms with van der Waals surface area (Å²) in [7, 11) is 0. The molecule has 194 valence electrons. The molecule has 0 unspecified atom stereocenters. The van der Waals surface area contributed by atoms with E-state index in [9.17, 15) is 0 Å². The molecule has 1 heteroatoms. The molecule has 8 rings (SSSR count). The molecule has 0 aliphatic carbocycles. The van der Waals surface area contributed by atoms with Gasteiger partial charge in [0.2, 0.25) is 0 Å². The molecule has 8 aromatic rings. The van der Waals surface area contributed by atoms with Crippen molar-refractivity contribution in [2.24, 2.45) is 0 Å². The average Bonchev–Trinajstić information content (AvgIpc) is 3.38. The summed E-state index contributed by atoms with van der Waals surface area (Å²) in [6, 6.07) is 53.5. The van der Waals surface area contributed by atoms with E-state index in [2.05, 4.69) is 157 Å². The van der Waals surface area contributed by atoms with Crippen molar-refractivity contribution in [2.45, 2.75) is 13.3 Å². The second kappa shape index (κ2) is 9.50. The molecule has 1 heterocycles. The summed E-state index contributed by atoms with van der Waals surface area (Å²) in [5, 5.41) is 7.64. The smallest absolute Gasteiger partial charge is 0.0546 e. The van der Waals surface area contributed by atoms with Crippen molar-refractivity contribution in [1.29, 1.82) is 0 Å². The molecule has 1 aromatic heterocycles. The van der Waals surface area contributed by atoms with Crippen LogP contribution in [0.1, 0.15) is 12.5 Å². The zero-order chi connectivity index (χ0) is 27.3. The SMILES string of the molecule is CCc1ccc(-c2ccc(-c3ccc4c(c3)c3ccccc3n4-c3cc4ccccc4c4ccccc34)cc2)cc1. The Bertz CT molecular complexity index is 2210. The standard InChI is InChI=1S/C40H29N/c1-2-27-15-17-28(18-16-27)29-19-21-30(22-20-29)31-23-24-39-37(25-31)36-13-7-8-14-38(36)41(39)40-26-32-9-3-4-10-33(32)34-11-5-6-12-35(34)40/h3-26H,2H2,1H3. The fourth-order valence-electron chi connectivity index (χ4n) is 6.42. The van der Waals surface area contributed by atoms with Gasteiger partial charge in [0, 0.05) is 16.2 Å². The zero-order valence-electron chi connectivity index (χ0n) is 23.0. The van der Waals surface area contributed by atoms with Gasteiger partial charge in [0.25, 0.3) is 0 Å². The van der Waals surface area contributed by atoms with E-state index in [1.165, 1.54) is 76.9 Å². The third-order valence-electron chi connectivity index (χ3n) is 8.57. The highest BCUT2D eigenvalue weighted by Gasteiger charge is 2.16. The van der Waals surface area contributed by atoms with Crippen LogP contribution in [0, 0.1) is 0 Å². The molecule has 7 aromatic carbocycles. The van der Waals surface area contributed by atoms with Crippen molar-refractivity contribution in [2.75, 3.05) is 0 Å². The summed E-state index contributed by atoms with van der Waals surface area (Å²) in [5.74, 6) is 0. The number of rotatable bonds is 4. The Kier molecular flexibility index (Phi) is 5.50. The fourth-order valence-corrected chi connectivity index (χ4v) is 6.42. The van der Waals surface area contributed by atoms with Gasteiger partial charge in [-0.3, -0.25) is 0 Å². The first-order valence-corrected chi connectivity index (χ1v) is 14.4. The molecule has 0 atom stereocenters. The van der Waals surface area contributed by atoms with Gasteiger partial charge in [0.1, 0.15) is 0 Å². The lowest BCUT2D eigenvalue weighted by atomic mass is 9.98. The van der Waals surface area contributed by atoms with Gasteiger partial charge in [-0.25, -0.2) is 0 Å². The second-order valence-corrected chi connectivity index (χ2v) is 10.9. The maximum Gasteiger partial charge on any atom is 0.0546 e. The molecule has 0 radical (unpaired) electrons. The number of aromatic nitrogens is 1. The highest BCUT2D eigenvalue weighted by atomic mass is 15.0. The normalized spacial score (nSPS) is 11.6. The van der Waals surface area contributed by atoms with Gasteiger partial charge in [-0.15, -0.1) is 0 Å². The summed E-state index contributed by atoms with van der Waals surface area (Å²) >= 11 is 0. The Morgan fingerprint density at radius 1 is 0.415 bits per heavy atom. The van der Waals surface area contributed by atoms with E-state index in [4.69, 9.17) is 0 Å². The highest BCUT2D eigenvalue weighted by molar-refractivity contribution is 6.15. The third-order valence-corrected chi connectivity index (χ3v) is 8.57. The fraction of sp³-hybridized carbons (Fsp3) is 0.0500. The monoisotopic (exact) mass is 523 g/mol. The van der Waals surface area contributed by atoms with E-state index in [0.29, 0.717) is 0 Å². The Labute approximate surface area is 239 Å². The van der Waals surface area contributed by atoms with Gasteiger partial charge in [-0.1, -0.05) is 128 Å². The molecule has 0 aliphatic rings. The highest BCUT2D eigenvalue weighted by Crippen LogP contribution is 2.39. The molecule has 1 nitrogen and oxygen atoms in total. The lowest BCUT2D eigenvalue weighted by Gasteiger charge is -2.14. The van der Waals surface area contributed by atoms with Crippen molar-refractivity contribution < 1.29 is 0 Å². The third kappa shape index (κ3) is 3.85. The van der Waals surface area contributed by atoms with Crippen LogP contribution >= 0.6 is 0 Å². The van der Waals surface area contributed by atoms with Crippen molar-refractivity contribution in [3.63, 3.8) is 0 Å². The van der Waals surface area contributed by atoms with Gasteiger partial charge >= 0.3 is 0 Å². The first kappa shape index (κ1) is 23.7. The van der Waals surface area contributed by atoms with E-state index in [1.54, 1.807) is 0 Å². The van der Waals surface area contributed by atoms with Crippen LogP contribution in [0.25, 0.3) is 71.3 Å². The van der Waals surface area contributed by atoms with E-state index in [-0.39, 0.29) is 0 Å². The minimum atomic E-state index is 1.06. The average molecular weight is 524 g/mol. The van der Waals surface area contributed by atoms with Gasteiger partial charge in [0.15, 0.2) is 0 Å². The molecule has 0 spiro atoms. The molecule has 0 N–H and O–H groups in total. The number of nitrogens with zero attached hydrogens (tertiary/aromatic N) is 1. The van der Waals surface area contributed by atoms with Gasteiger partial charge < -0.3 is 4.57 Å². The van der Waals surface area contributed by atoms with E-state index in [0.717, 1.165) is 6.42 Å². The van der Waals surface area contributed by atoms with E-state index >= 15 is 0 Å². The number of benzene rings is 7. The van der Waals surface area contributed by atoms with Gasteiger partial charge in [0.05, 0.1) is 16.7 Å².